The highest BCUT2D eigenvalue weighted by Crippen LogP contribution is 2.80. The minimum Gasteiger partial charge on any atom is -0.369 e. The van der Waals surface area contributed by atoms with E-state index in [0.717, 1.165) is 45.3 Å². The average molecular weight is 493 g/mol. The molecule has 5 rings (SSSR count). The second kappa shape index (κ2) is 7.14. The number of allylic oxidation sites excluding steroid dienone is 2. The number of hydrogen-bond acceptors (Lipinski definition) is 5. The number of unbranched alkanes of at least 4 members (excludes halogenated alkanes) is 1. The molecule has 1 spiro atoms. The van der Waals surface area contributed by atoms with Gasteiger partial charge in [0.15, 0.2) is 0 Å². The maximum Gasteiger partial charge on any atom is 0.232 e. The van der Waals surface area contributed by atoms with Crippen LogP contribution in [0.3, 0.4) is 0 Å². The van der Waals surface area contributed by atoms with Gasteiger partial charge in [-0.2, -0.15) is 0 Å². The summed E-state index contributed by atoms with van der Waals surface area (Å²) < 4.78 is 0.673. The lowest BCUT2D eigenvalue weighted by molar-refractivity contribution is -0.143. The van der Waals surface area contributed by atoms with Crippen LogP contribution in [0.25, 0.3) is 0 Å². The van der Waals surface area contributed by atoms with E-state index in [1.807, 2.05) is 5.38 Å². The van der Waals surface area contributed by atoms with Crippen molar-refractivity contribution in [3.05, 3.63) is 27.1 Å². The number of hydrogen-bond donors (Lipinski definition) is 2. The van der Waals surface area contributed by atoms with Gasteiger partial charge < -0.3 is 16.4 Å². The second-order valence-corrected chi connectivity index (χ2v) is 11.2. The van der Waals surface area contributed by atoms with Crippen molar-refractivity contribution in [2.75, 3.05) is 19.6 Å². The number of nitrogens with zero attached hydrogens (tertiary/aromatic N) is 2. The highest BCUT2D eigenvalue weighted by molar-refractivity contribution is 9.10. The Morgan fingerprint density at radius 2 is 1.83 bits per heavy atom. The van der Waals surface area contributed by atoms with Crippen molar-refractivity contribution in [1.82, 2.24) is 9.88 Å². The fourth-order valence-corrected chi connectivity index (χ4v) is 8.71. The molecule has 4 aliphatic rings. The van der Waals surface area contributed by atoms with Crippen LogP contribution in [0.1, 0.15) is 50.0 Å². The van der Waals surface area contributed by atoms with E-state index < -0.39 is 22.6 Å². The summed E-state index contributed by atoms with van der Waals surface area (Å²) in [7, 11) is 0. The number of carbonyl (C=O) groups excluding carboxylic acids is 2. The minimum absolute atomic E-state index is 0.0329. The van der Waals surface area contributed by atoms with Gasteiger partial charge in [-0.3, -0.25) is 9.59 Å². The summed E-state index contributed by atoms with van der Waals surface area (Å²) in [6.07, 6.45) is 11.3. The topological polar surface area (TPSA) is 102 Å². The minimum atomic E-state index is -1.15. The Labute approximate surface area is 189 Å². The Balaban J connectivity index is 1.55. The van der Waals surface area contributed by atoms with Gasteiger partial charge in [-0.15, -0.1) is 11.3 Å². The molecular weight excluding hydrogens is 464 g/mol. The third-order valence-corrected chi connectivity index (χ3v) is 10.1. The summed E-state index contributed by atoms with van der Waals surface area (Å²) in [5, 5.41) is 2.51. The first-order chi connectivity index (χ1) is 14.4. The monoisotopic (exact) mass is 492 g/mol. The van der Waals surface area contributed by atoms with E-state index in [9.17, 15) is 9.59 Å². The zero-order valence-electron chi connectivity index (χ0n) is 17.1. The number of halogens is 1. The zero-order chi connectivity index (χ0) is 21.1. The second-order valence-electron chi connectivity index (χ2n) is 9.56. The first kappa shape index (κ1) is 20.6. The molecule has 162 valence electrons. The SMILES string of the molecule is NC(=O)[C@]1(CCCCN2CCCC2)[C@@H]2C=C[C@@H](C23CC3)[C@@]1(C(N)=O)c1nc(Br)cs1. The van der Waals surface area contributed by atoms with Crippen LogP contribution in [-0.4, -0.2) is 41.3 Å². The summed E-state index contributed by atoms with van der Waals surface area (Å²) in [6.45, 7) is 3.36. The van der Waals surface area contributed by atoms with Crippen molar-refractivity contribution in [3.8, 4) is 0 Å². The molecular formula is C22H29BrN4O2S. The van der Waals surface area contributed by atoms with Crippen molar-refractivity contribution >= 4 is 39.1 Å². The van der Waals surface area contributed by atoms with Gasteiger partial charge >= 0.3 is 0 Å². The normalized spacial score (nSPS) is 36.0. The molecule has 2 amide bonds. The van der Waals surface area contributed by atoms with Crippen LogP contribution in [-0.2, 0) is 15.0 Å². The van der Waals surface area contributed by atoms with Crippen molar-refractivity contribution in [1.29, 1.82) is 0 Å². The molecule has 0 aromatic carbocycles. The molecule has 1 saturated heterocycles. The Hall–Kier alpha value is -1.25. The Morgan fingerprint density at radius 1 is 1.13 bits per heavy atom. The summed E-state index contributed by atoms with van der Waals surface area (Å²) in [6, 6.07) is 0. The lowest BCUT2D eigenvalue weighted by Crippen LogP contribution is -2.62. The molecule has 30 heavy (non-hydrogen) atoms. The van der Waals surface area contributed by atoms with E-state index in [2.05, 4.69) is 38.0 Å². The predicted octanol–water partition coefficient (Wildman–Crippen LogP) is 2.96. The van der Waals surface area contributed by atoms with E-state index in [1.54, 1.807) is 0 Å². The van der Waals surface area contributed by atoms with Crippen molar-refractivity contribution in [2.24, 2.45) is 34.1 Å². The van der Waals surface area contributed by atoms with Crippen LogP contribution in [0.15, 0.2) is 22.1 Å². The lowest BCUT2D eigenvalue weighted by atomic mass is 9.55. The maximum absolute atomic E-state index is 13.3. The van der Waals surface area contributed by atoms with Crippen LogP contribution >= 0.6 is 27.3 Å². The number of nitrogens with two attached hydrogens (primary N) is 2. The van der Waals surface area contributed by atoms with E-state index in [-0.39, 0.29) is 17.3 Å². The van der Waals surface area contributed by atoms with Gasteiger partial charge in [-0.25, -0.2) is 4.98 Å². The summed E-state index contributed by atoms with van der Waals surface area (Å²) in [5.41, 5.74) is 10.2. The van der Waals surface area contributed by atoms with E-state index in [0.29, 0.717) is 16.0 Å². The van der Waals surface area contributed by atoms with Crippen LogP contribution in [0.5, 0.6) is 0 Å². The largest absolute Gasteiger partial charge is 0.369 e. The quantitative estimate of drug-likeness (QED) is 0.429. The van der Waals surface area contributed by atoms with E-state index >= 15 is 0 Å². The van der Waals surface area contributed by atoms with Gasteiger partial charge in [0.25, 0.3) is 0 Å². The zero-order valence-corrected chi connectivity index (χ0v) is 19.5. The maximum atomic E-state index is 13.3. The van der Waals surface area contributed by atoms with Crippen molar-refractivity contribution in [3.63, 3.8) is 0 Å². The van der Waals surface area contributed by atoms with Gasteiger partial charge in [0, 0.05) is 11.3 Å². The van der Waals surface area contributed by atoms with Gasteiger partial charge in [-0.1, -0.05) is 18.6 Å². The molecule has 2 heterocycles. The molecule has 1 aromatic heterocycles. The molecule has 6 nitrogen and oxygen atoms in total. The molecule has 2 bridgehead atoms. The van der Waals surface area contributed by atoms with Crippen molar-refractivity contribution in [2.45, 2.75) is 50.4 Å². The predicted molar refractivity (Wildman–Crippen MR) is 120 cm³/mol. The molecule has 4 atom stereocenters. The average Bonchev–Trinajstić information content (AvgIpc) is 3.04. The molecule has 1 aromatic rings. The molecule has 8 heteroatoms. The molecule has 4 N–H and O–H groups in total. The van der Waals surface area contributed by atoms with E-state index in [4.69, 9.17) is 11.5 Å². The fourth-order valence-electron chi connectivity index (χ4n) is 7.13. The van der Waals surface area contributed by atoms with Gasteiger partial charge in [0.2, 0.25) is 11.8 Å². The smallest absolute Gasteiger partial charge is 0.232 e. The number of amides is 2. The lowest BCUT2D eigenvalue weighted by Gasteiger charge is -2.46. The number of aromatic nitrogens is 1. The molecule has 0 radical (unpaired) electrons. The van der Waals surface area contributed by atoms with Gasteiger partial charge in [0.1, 0.15) is 15.0 Å². The summed E-state index contributed by atoms with van der Waals surface area (Å²) in [5.74, 6) is -0.978. The number of likely N-dealkylation sites (tertiary alicyclic amines) is 1. The van der Waals surface area contributed by atoms with Crippen LogP contribution in [0.4, 0.5) is 0 Å². The highest BCUT2D eigenvalue weighted by atomic mass is 79.9. The molecule has 0 unspecified atom stereocenters. The Kier molecular flexibility index (Phi) is 4.91. The number of thiazole rings is 1. The summed E-state index contributed by atoms with van der Waals surface area (Å²) in [4.78, 5) is 33.8. The number of rotatable bonds is 8. The van der Waals surface area contributed by atoms with E-state index in [1.165, 1.54) is 24.2 Å². The standard InChI is InChI=1S/C22H29BrN4O2S/c23-16-13-30-19(26-16)22(18(25)29)15-6-5-14(20(15)8-9-20)21(22,17(24)28)7-1-2-10-27-11-3-4-12-27/h5-6,13-15H,1-4,7-12H2,(H2,24,28)(H2,25,29)/t14-,15+,21+,22-/m1/s1. The third kappa shape index (κ3) is 2.53. The van der Waals surface area contributed by atoms with Crippen LogP contribution < -0.4 is 11.5 Å². The van der Waals surface area contributed by atoms with Gasteiger partial charge in [0.05, 0.1) is 5.41 Å². The van der Waals surface area contributed by atoms with Gasteiger partial charge in [-0.05, 0) is 85.4 Å². The first-order valence-electron chi connectivity index (χ1n) is 11.0. The van der Waals surface area contributed by atoms with Crippen molar-refractivity contribution < 1.29 is 9.59 Å². The van der Waals surface area contributed by atoms with Crippen LogP contribution in [0, 0.1) is 22.7 Å². The molecule has 3 aliphatic carbocycles. The first-order valence-corrected chi connectivity index (χ1v) is 12.7. The molecule has 2 saturated carbocycles. The number of primary amides is 2. The third-order valence-electron chi connectivity index (χ3n) is 8.40. The fraction of sp³-hybridized carbons (Fsp3) is 0.682. The molecule has 3 fully saturated rings. The molecule has 1 aliphatic heterocycles. The summed E-state index contributed by atoms with van der Waals surface area (Å²) >= 11 is 4.85. The highest BCUT2D eigenvalue weighted by Gasteiger charge is 2.83. The number of carbonyl (C=O) groups is 2. The van der Waals surface area contributed by atoms with Crippen LogP contribution in [0.2, 0.25) is 0 Å². The Morgan fingerprint density at radius 3 is 2.40 bits per heavy atom. The Bertz CT molecular complexity index is 907.